The minimum atomic E-state index is -0.298. The summed E-state index contributed by atoms with van der Waals surface area (Å²) in [6, 6.07) is 7.35. The van der Waals surface area contributed by atoms with Crippen LogP contribution in [0.5, 0.6) is 5.75 Å². The Balaban J connectivity index is 1.53. The van der Waals surface area contributed by atoms with Crippen LogP contribution in [0.2, 0.25) is 0 Å². The molecule has 3 aromatic rings. The quantitative estimate of drug-likeness (QED) is 0.679. The molecule has 162 valence electrons. The molecular weight excluding hydrogens is 396 g/mol. The van der Waals surface area contributed by atoms with Crippen LogP contribution >= 0.6 is 0 Å². The van der Waals surface area contributed by atoms with Crippen LogP contribution in [0.15, 0.2) is 30.5 Å². The number of nitrogens with zero attached hydrogens (tertiary/aromatic N) is 5. The van der Waals surface area contributed by atoms with Crippen molar-refractivity contribution in [2.75, 3.05) is 14.2 Å². The second-order valence-corrected chi connectivity index (χ2v) is 7.84. The van der Waals surface area contributed by atoms with Crippen LogP contribution in [0.4, 0.5) is 0 Å². The van der Waals surface area contributed by atoms with E-state index in [1.807, 2.05) is 49.8 Å². The Bertz CT molecular complexity index is 1140. The Hall–Kier alpha value is -3.62. The van der Waals surface area contributed by atoms with E-state index in [9.17, 15) is 9.59 Å². The van der Waals surface area contributed by atoms with Crippen molar-refractivity contribution in [3.05, 3.63) is 64.5 Å². The Morgan fingerprint density at radius 3 is 2.61 bits per heavy atom. The SMILES string of the molecule is COc1ccc(C2Cn3cc(C(=O)N(C)Cc4c(C)nn(C)c4C)nc3C(=O)N2)cc1. The summed E-state index contributed by atoms with van der Waals surface area (Å²) >= 11 is 0. The molecular formula is C22H26N6O3. The highest BCUT2D eigenvalue weighted by molar-refractivity contribution is 5.96. The standard InChI is InChI=1S/C22H26N6O3/c1-13-17(14(2)27(4)25-13)10-26(3)22(30)19-12-28-11-18(24-21(29)20(28)23-19)15-6-8-16(31-5)9-7-15/h6-9,12,18H,10-11H2,1-5H3,(H,24,29). The van der Waals surface area contributed by atoms with E-state index in [1.54, 1.807) is 29.8 Å². The predicted molar refractivity (Wildman–Crippen MR) is 114 cm³/mol. The number of benzene rings is 1. The molecule has 2 amide bonds. The molecule has 4 rings (SSSR count). The Morgan fingerprint density at radius 1 is 1.29 bits per heavy atom. The maximum absolute atomic E-state index is 13.0. The van der Waals surface area contributed by atoms with Crippen molar-refractivity contribution in [3.8, 4) is 5.75 Å². The number of carbonyl (C=O) groups excluding carboxylic acids is 2. The van der Waals surface area contributed by atoms with Gasteiger partial charge in [-0.2, -0.15) is 5.10 Å². The second-order valence-electron chi connectivity index (χ2n) is 7.84. The molecule has 1 aliphatic heterocycles. The van der Waals surface area contributed by atoms with E-state index >= 15 is 0 Å². The average molecular weight is 422 g/mol. The Morgan fingerprint density at radius 2 is 2.00 bits per heavy atom. The fourth-order valence-corrected chi connectivity index (χ4v) is 3.88. The van der Waals surface area contributed by atoms with Crippen molar-refractivity contribution < 1.29 is 14.3 Å². The third kappa shape index (κ3) is 3.78. The third-order valence-electron chi connectivity index (χ3n) is 5.80. The van der Waals surface area contributed by atoms with Gasteiger partial charge in [0, 0.05) is 44.6 Å². The summed E-state index contributed by atoms with van der Waals surface area (Å²) in [4.78, 5) is 31.5. The van der Waals surface area contributed by atoms with Gasteiger partial charge < -0.3 is 19.5 Å². The molecule has 0 fully saturated rings. The highest BCUT2D eigenvalue weighted by atomic mass is 16.5. The van der Waals surface area contributed by atoms with Gasteiger partial charge in [-0.15, -0.1) is 0 Å². The summed E-state index contributed by atoms with van der Waals surface area (Å²) in [5, 5.41) is 7.37. The zero-order chi connectivity index (χ0) is 22.3. The zero-order valence-electron chi connectivity index (χ0n) is 18.3. The average Bonchev–Trinajstić information content (AvgIpc) is 3.30. The molecule has 2 aromatic heterocycles. The van der Waals surface area contributed by atoms with E-state index in [0.717, 1.165) is 28.3 Å². The lowest BCUT2D eigenvalue weighted by molar-refractivity contribution is 0.0779. The van der Waals surface area contributed by atoms with Gasteiger partial charge in [-0.3, -0.25) is 14.3 Å². The number of imidazole rings is 1. The number of amides is 2. The smallest absolute Gasteiger partial charge is 0.287 e. The first-order valence-corrected chi connectivity index (χ1v) is 10.0. The number of methoxy groups -OCH3 is 1. The molecule has 1 N–H and O–H groups in total. The molecule has 0 saturated carbocycles. The molecule has 1 atom stereocenters. The lowest BCUT2D eigenvalue weighted by Crippen LogP contribution is -2.38. The molecule has 0 spiro atoms. The molecule has 1 aliphatic rings. The lowest BCUT2D eigenvalue weighted by atomic mass is 10.1. The summed E-state index contributed by atoms with van der Waals surface area (Å²) < 4.78 is 8.75. The molecule has 0 radical (unpaired) electrons. The normalized spacial score (nSPS) is 15.4. The van der Waals surface area contributed by atoms with Crippen molar-refractivity contribution >= 4 is 11.8 Å². The van der Waals surface area contributed by atoms with Crippen LogP contribution in [-0.2, 0) is 20.1 Å². The van der Waals surface area contributed by atoms with E-state index in [4.69, 9.17) is 4.74 Å². The number of fused-ring (bicyclic) bond motifs is 1. The molecule has 9 nitrogen and oxygen atoms in total. The van der Waals surface area contributed by atoms with Crippen LogP contribution < -0.4 is 10.1 Å². The molecule has 0 aliphatic carbocycles. The van der Waals surface area contributed by atoms with E-state index in [-0.39, 0.29) is 29.4 Å². The second kappa shape index (κ2) is 7.90. The first-order chi connectivity index (χ1) is 14.8. The fraction of sp³-hybridized carbons (Fsp3) is 0.364. The summed E-state index contributed by atoms with van der Waals surface area (Å²) in [6.07, 6.45) is 1.66. The minimum Gasteiger partial charge on any atom is -0.497 e. The van der Waals surface area contributed by atoms with Crippen LogP contribution in [0, 0.1) is 13.8 Å². The number of nitrogens with one attached hydrogen (secondary N) is 1. The number of hydrogen-bond acceptors (Lipinski definition) is 5. The number of carbonyl (C=O) groups is 2. The van der Waals surface area contributed by atoms with Gasteiger partial charge in [-0.25, -0.2) is 4.98 Å². The first-order valence-electron chi connectivity index (χ1n) is 10.0. The number of aryl methyl sites for hydroxylation is 2. The maximum Gasteiger partial charge on any atom is 0.287 e. The fourth-order valence-electron chi connectivity index (χ4n) is 3.88. The number of ether oxygens (including phenoxy) is 1. The van der Waals surface area contributed by atoms with E-state index < -0.39 is 0 Å². The van der Waals surface area contributed by atoms with Crippen molar-refractivity contribution in [2.24, 2.45) is 7.05 Å². The first kappa shape index (κ1) is 20.6. The topological polar surface area (TPSA) is 94.3 Å². The van der Waals surface area contributed by atoms with Gasteiger partial charge in [0.05, 0.1) is 18.8 Å². The zero-order valence-corrected chi connectivity index (χ0v) is 18.3. The Labute approximate surface area is 180 Å². The summed E-state index contributed by atoms with van der Waals surface area (Å²) in [5.74, 6) is 0.463. The summed E-state index contributed by atoms with van der Waals surface area (Å²) in [7, 11) is 5.23. The van der Waals surface area contributed by atoms with Gasteiger partial charge in [-0.05, 0) is 31.5 Å². The van der Waals surface area contributed by atoms with E-state index in [2.05, 4.69) is 15.4 Å². The van der Waals surface area contributed by atoms with Crippen LogP contribution in [0.1, 0.15) is 49.7 Å². The van der Waals surface area contributed by atoms with Gasteiger partial charge in [0.25, 0.3) is 11.8 Å². The number of hydrogen-bond donors (Lipinski definition) is 1. The molecule has 1 aromatic carbocycles. The van der Waals surface area contributed by atoms with Crippen molar-refractivity contribution in [1.82, 2.24) is 29.5 Å². The molecule has 31 heavy (non-hydrogen) atoms. The van der Waals surface area contributed by atoms with Crippen molar-refractivity contribution in [1.29, 1.82) is 0 Å². The largest absolute Gasteiger partial charge is 0.497 e. The summed E-state index contributed by atoms with van der Waals surface area (Å²) in [5.41, 5.74) is 4.14. The van der Waals surface area contributed by atoms with Gasteiger partial charge in [0.2, 0.25) is 0 Å². The van der Waals surface area contributed by atoms with Crippen LogP contribution in [-0.4, -0.2) is 50.2 Å². The van der Waals surface area contributed by atoms with Crippen molar-refractivity contribution in [3.63, 3.8) is 0 Å². The lowest BCUT2D eigenvalue weighted by Gasteiger charge is -2.25. The van der Waals surface area contributed by atoms with E-state index in [1.165, 1.54) is 0 Å². The molecule has 9 heteroatoms. The Kier molecular flexibility index (Phi) is 5.26. The van der Waals surface area contributed by atoms with Crippen molar-refractivity contribution in [2.45, 2.75) is 33.0 Å². The minimum absolute atomic E-state index is 0.207. The van der Waals surface area contributed by atoms with E-state index in [0.29, 0.717) is 13.1 Å². The predicted octanol–water partition coefficient (Wildman–Crippen LogP) is 2.00. The van der Waals surface area contributed by atoms with Gasteiger partial charge in [0.1, 0.15) is 11.4 Å². The monoisotopic (exact) mass is 422 g/mol. The van der Waals surface area contributed by atoms with Gasteiger partial charge in [-0.1, -0.05) is 12.1 Å². The summed E-state index contributed by atoms with van der Waals surface area (Å²) in [6.45, 7) is 4.83. The number of rotatable bonds is 5. The third-order valence-corrected chi connectivity index (χ3v) is 5.80. The molecule has 0 saturated heterocycles. The van der Waals surface area contributed by atoms with Crippen LogP contribution in [0.25, 0.3) is 0 Å². The maximum atomic E-state index is 13.0. The molecule has 0 bridgehead atoms. The molecule has 1 unspecified atom stereocenters. The number of aromatic nitrogens is 4. The molecule has 3 heterocycles. The van der Waals surface area contributed by atoms with Gasteiger partial charge >= 0.3 is 0 Å². The highest BCUT2D eigenvalue weighted by Gasteiger charge is 2.29. The van der Waals surface area contributed by atoms with Crippen LogP contribution in [0.3, 0.4) is 0 Å². The highest BCUT2D eigenvalue weighted by Crippen LogP contribution is 2.24. The van der Waals surface area contributed by atoms with Gasteiger partial charge in [0.15, 0.2) is 5.82 Å².